The summed E-state index contributed by atoms with van der Waals surface area (Å²) in [5.74, 6) is -0.299. The summed E-state index contributed by atoms with van der Waals surface area (Å²) in [6.07, 6.45) is 0. The van der Waals surface area contributed by atoms with Crippen LogP contribution in [0.3, 0.4) is 0 Å². The average molecular weight is 427 g/mol. The first-order valence-corrected chi connectivity index (χ1v) is 10.7. The predicted octanol–water partition coefficient (Wildman–Crippen LogP) is 3.15. The minimum absolute atomic E-state index is 0.0761. The molecule has 0 saturated heterocycles. The molecule has 0 aliphatic carbocycles. The van der Waals surface area contributed by atoms with Gasteiger partial charge in [0.15, 0.2) is 5.16 Å². The molecule has 0 fully saturated rings. The Balaban J connectivity index is 1.55. The standard InChI is InChI=1S/C22H26N4O3S/c1-15-7-6-8-16(2)21(15)25-19(27)13-23-20(28)14-30-22-24-17-9-4-5-10-18(17)26(22)11-12-29-3/h4-10H,11-14H2,1-3H3,(H,23,28)(H,25,27). The zero-order valence-electron chi connectivity index (χ0n) is 17.4. The number of nitrogens with one attached hydrogen (secondary N) is 2. The van der Waals surface area contributed by atoms with Crippen LogP contribution in [0.5, 0.6) is 0 Å². The first-order valence-electron chi connectivity index (χ1n) is 9.69. The number of methoxy groups -OCH3 is 1. The molecule has 0 aliphatic heterocycles. The number of carbonyl (C=O) groups excluding carboxylic acids is 2. The molecule has 30 heavy (non-hydrogen) atoms. The van der Waals surface area contributed by atoms with E-state index in [1.807, 2.05) is 60.9 Å². The highest BCUT2D eigenvalue weighted by Crippen LogP contribution is 2.24. The van der Waals surface area contributed by atoms with Crippen molar-refractivity contribution in [2.75, 3.05) is 31.3 Å². The van der Waals surface area contributed by atoms with Gasteiger partial charge in [0.25, 0.3) is 0 Å². The number of imidazole rings is 1. The van der Waals surface area contributed by atoms with Crippen LogP contribution in [0.4, 0.5) is 5.69 Å². The largest absolute Gasteiger partial charge is 0.383 e. The average Bonchev–Trinajstić information content (AvgIpc) is 3.09. The maximum absolute atomic E-state index is 12.3. The molecule has 1 aromatic heterocycles. The molecule has 0 radical (unpaired) electrons. The fraction of sp³-hybridized carbons (Fsp3) is 0.318. The van der Waals surface area contributed by atoms with E-state index in [-0.39, 0.29) is 24.1 Å². The smallest absolute Gasteiger partial charge is 0.243 e. The van der Waals surface area contributed by atoms with E-state index in [0.29, 0.717) is 13.2 Å². The number of aryl methyl sites for hydroxylation is 2. The first kappa shape index (κ1) is 21.9. The Morgan fingerprint density at radius 3 is 2.53 bits per heavy atom. The van der Waals surface area contributed by atoms with Gasteiger partial charge >= 0.3 is 0 Å². The Hall–Kier alpha value is -2.84. The van der Waals surface area contributed by atoms with Crippen LogP contribution in [0.1, 0.15) is 11.1 Å². The third kappa shape index (κ3) is 5.40. The highest BCUT2D eigenvalue weighted by Gasteiger charge is 2.14. The van der Waals surface area contributed by atoms with Gasteiger partial charge in [-0.1, -0.05) is 42.1 Å². The van der Waals surface area contributed by atoms with Crippen molar-refractivity contribution in [3.63, 3.8) is 0 Å². The molecular formula is C22H26N4O3S. The molecule has 0 unspecified atom stereocenters. The highest BCUT2D eigenvalue weighted by atomic mass is 32.2. The van der Waals surface area contributed by atoms with Gasteiger partial charge in [-0.2, -0.15) is 0 Å². The topological polar surface area (TPSA) is 85.2 Å². The van der Waals surface area contributed by atoms with Crippen LogP contribution in [0.15, 0.2) is 47.6 Å². The quantitative estimate of drug-likeness (QED) is 0.514. The third-order valence-corrected chi connectivity index (χ3v) is 5.64. The summed E-state index contributed by atoms with van der Waals surface area (Å²) in [6.45, 7) is 5.01. The maximum atomic E-state index is 12.3. The third-order valence-electron chi connectivity index (χ3n) is 4.66. The van der Waals surface area contributed by atoms with E-state index in [1.54, 1.807) is 7.11 Å². The van der Waals surface area contributed by atoms with E-state index in [9.17, 15) is 9.59 Å². The summed E-state index contributed by atoms with van der Waals surface area (Å²) in [4.78, 5) is 29.1. The number of thioether (sulfide) groups is 1. The summed E-state index contributed by atoms with van der Waals surface area (Å²) in [7, 11) is 1.66. The second-order valence-electron chi connectivity index (χ2n) is 6.91. The SMILES string of the molecule is COCCn1c(SCC(=O)NCC(=O)Nc2c(C)cccc2C)nc2ccccc21. The Morgan fingerprint density at radius 1 is 1.07 bits per heavy atom. The van der Waals surface area contributed by atoms with Gasteiger partial charge in [-0.25, -0.2) is 4.98 Å². The molecular weight excluding hydrogens is 400 g/mol. The molecule has 1 heterocycles. The number of ether oxygens (including phenoxy) is 1. The van der Waals surface area contributed by atoms with Crippen LogP contribution in [-0.4, -0.2) is 47.4 Å². The number of para-hydroxylation sites is 3. The number of anilines is 1. The van der Waals surface area contributed by atoms with Crippen molar-refractivity contribution in [2.45, 2.75) is 25.5 Å². The number of rotatable bonds is 9. The number of nitrogens with zero attached hydrogens (tertiary/aromatic N) is 2. The minimum atomic E-state index is -0.252. The van der Waals surface area contributed by atoms with Crippen molar-refractivity contribution >= 4 is 40.3 Å². The first-order chi connectivity index (χ1) is 14.5. The lowest BCUT2D eigenvalue weighted by atomic mass is 10.1. The zero-order chi connectivity index (χ0) is 21.5. The van der Waals surface area contributed by atoms with Crippen LogP contribution in [0.2, 0.25) is 0 Å². The van der Waals surface area contributed by atoms with Gasteiger partial charge in [0.1, 0.15) is 0 Å². The number of carbonyl (C=O) groups is 2. The van der Waals surface area contributed by atoms with Gasteiger partial charge in [-0.15, -0.1) is 0 Å². The minimum Gasteiger partial charge on any atom is -0.383 e. The van der Waals surface area contributed by atoms with E-state index < -0.39 is 0 Å². The summed E-state index contributed by atoms with van der Waals surface area (Å²) in [6, 6.07) is 13.7. The molecule has 2 N–H and O–H groups in total. The molecule has 0 bridgehead atoms. The number of hydrogen-bond donors (Lipinski definition) is 2. The molecule has 0 atom stereocenters. The normalized spacial score (nSPS) is 10.9. The Bertz CT molecular complexity index is 1030. The van der Waals surface area contributed by atoms with E-state index in [4.69, 9.17) is 4.74 Å². The number of hydrogen-bond acceptors (Lipinski definition) is 5. The lowest BCUT2D eigenvalue weighted by Gasteiger charge is -2.12. The fourth-order valence-electron chi connectivity index (χ4n) is 3.12. The van der Waals surface area contributed by atoms with E-state index in [0.717, 1.165) is 33.0 Å². The van der Waals surface area contributed by atoms with Gasteiger partial charge < -0.3 is 19.9 Å². The summed E-state index contributed by atoms with van der Waals surface area (Å²) >= 11 is 1.34. The second kappa shape index (κ2) is 10.3. The second-order valence-corrected chi connectivity index (χ2v) is 7.85. The monoisotopic (exact) mass is 426 g/mol. The van der Waals surface area contributed by atoms with Crippen LogP contribution < -0.4 is 10.6 Å². The van der Waals surface area contributed by atoms with Crippen molar-refractivity contribution in [1.29, 1.82) is 0 Å². The molecule has 0 spiro atoms. The van der Waals surface area contributed by atoms with Crippen molar-refractivity contribution in [3.05, 3.63) is 53.6 Å². The Labute approximate surface area is 180 Å². The molecule has 158 valence electrons. The number of amides is 2. The van der Waals surface area contributed by atoms with Crippen LogP contribution in [0, 0.1) is 13.8 Å². The van der Waals surface area contributed by atoms with Crippen molar-refractivity contribution in [2.24, 2.45) is 0 Å². The number of fused-ring (bicyclic) bond motifs is 1. The van der Waals surface area contributed by atoms with E-state index >= 15 is 0 Å². The maximum Gasteiger partial charge on any atom is 0.243 e. The van der Waals surface area contributed by atoms with Gasteiger partial charge in [-0.05, 0) is 37.1 Å². The van der Waals surface area contributed by atoms with Crippen LogP contribution in [0.25, 0.3) is 11.0 Å². The Kier molecular flexibility index (Phi) is 7.48. The Morgan fingerprint density at radius 2 is 1.80 bits per heavy atom. The molecule has 7 nitrogen and oxygen atoms in total. The molecule has 0 saturated carbocycles. The zero-order valence-corrected chi connectivity index (χ0v) is 18.2. The van der Waals surface area contributed by atoms with Crippen molar-refractivity contribution in [1.82, 2.24) is 14.9 Å². The van der Waals surface area contributed by atoms with Gasteiger partial charge in [0.05, 0.1) is 29.9 Å². The molecule has 8 heteroatoms. The summed E-state index contributed by atoms with van der Waals surface area (Å²) < 4.78 is 7.24. The van der Waals surface area contributed by atoms with Crippen LogP contribution in [-0.2, 0) is 20.9 Å². The lowest BCUT2D eigenvalue weighted by molar-refractivity contribution is -0.122. The van der Waals surface area contributed by atoms with Gasteiger partial charge in [-0.3, -0.25) is 9.59 Å². The number of benzene rings is 2. The highest BCUT2D eigenvalue weighted by molar-refractivity contribution is 7.99. The molecule has 2 amide bonds. The molecule has 3 rings (SSSR count). The molecule has 2 aromatic carbocycles. The lowest BCUT2D eigenvalue weighted by Crippen LogP contribution is -2.34. The fourth-order valence-corrected chi connectivity index (χ4v) is 3.99. The molecule has 0 aliphatic rings. The summed E-state index contributed by atoms with van der Waals surface area (Å²) in [5, 5.41) is 6.29. The van der Waals surface area contributed by atoms with Crippen molar-refractivity contribution < 1.29 is 14.3 Å². The van der Waals surface area contributed by atoms with Crippen molar-refractivity contribution in [3.8, 4) is 0 Å². The number of aromatic nitrogens is 2. The predicted molar refractivity (Wildman–Crippen MR) is 120 cm³/mol. The van der Waals surface area contributed by atoms with Crippen LogP contribution >= 0.6 is 11.8 Å². The van der Waals surface area contributed by atoms with Gasteiger partial charge in [0, 0.05) is 19.3 Å². The molecule has 3 aromatic rings. The van der Waals surface area contributed by atoms with E-state index in [2.05, 4.69) is 15.6 Å². The van der Waals surface area contributed by atoms with Gasteiger partial charge in [0.2, 0.25) is 11.8 Å². The van der Waals surface area contributed by atoms with E-state index in [1.165, 1.54) is 11.8 Å². The summed E-state index contributed by atoms with van der Waals surface area (Å²) in [5.41, 5.74) is 4.65.